The summed E-state index contributed by atoms with van der Waals surface area (Å²) in [5, 5.41) is 16.7. The summed E-state index contributed by atoms with van der Waals surface area (Å²) < 4.78 is 0. The normalized spacial score (nSPS) is 9.46. The smallest absolute Gasteiger partial charge is 0.211 e. The monoisotopic (exact) mass is 184 g/mol. The molecule has 1 aromatic carbocycles. The van der Waals surface area contributed by atoms with Gasteiger partial charge in [-0.05, 0) is 25.1 Å². The van der Waals surface area contributed by atoms with E-state index in [9.17, 15) is 4.79 Å². The van der Waals surface area contributed by atoms with E-state index in [1.165, 1.54) is 25.1 Å². The average molecular weight is 184 g/mol. The minimum absolute atomic E-state index is 0.0625. The fraction of sp³-hybridized carbons (Fsp3) is 0.125. The number of hydrogen-bond acceptors (Lipinski definition) is 5. The van der Waals surface area contributed by atoms with Gasteiger partial charge in [0.05, 0.1) is 0 Å². The summed E-state index contributed by atoms with van der Waals surface area (Å²) in [5.74, 6) is -0.356. The molecule has 1 rings (SSSR count). The summed E-state index contributed by atoms with van der Waals surface area (Å²) in [6.45, 7) is 1.37. The molecule has 0 bridgehead atoms. The van der Waals surface area contributed by atoms with Crippen LogP contribution in [0.2, 0.25) is 0 Å². The highest BCUT2D eigenvalue weighted by Crippen LogP contribution is 2.27. The Morgan fingerprint density at radius 2 is 1.85 bits per heavy atom. The second-order valence-electron chi connectivity index (χ2n) is 2.40. The Hall–Kier alpha value is -1.59. The van der Waals surface area contributed by atoms with E-state index in [1.54, 1.807) is 0 Å². The zero-order valence-corrected chi connectivity index (χ0v) is 6.85. The lowest BCUT2D eigenvalue weighted by Gasteiger charge is -2.03. The lowest BCUT2D eigenvalue weighted by molar-refractivity contribution is -0.164. The topological polar surface area (TPSA) is 76.0 Å². The molecule has 13 heavy (non-hydrogen) atoms. The maximum atomic E-state index is 10.9. The van der Waals surface area contributed by atoms with Gasteiger partial charge in [-0.2, -0.15) is 0 Å². The van der Waals surface area contributed by atoms with Crippen molar-refractivity contribution in [2.75, 3.05) is 0 Å². The van der Waals surface area contributed by atoms with Gasteiger partial charge in [-0.15, -0.1) is 0 Å². The molecule has 0 aliphatic rings. The molecule has 0 aliphatic carbocycles. The molecule has 0 unspecified atom stereocenters. The third kappa shape index (κ3) is 1.95. The zero-order chi connectivity index (χ0) is 9.84. The highest BCUT2D eigenvalue weighted by molar-refractivity contribution is 5.94. The zero-order valence-electron chi connectivity index (χ0n) is 6.85. The van der Waals surface area contributed by atoms with Crippen LogP contribution in [0, 0.1) is 0 Å². The lowest BCUT2D eigenvalue weighted by atomic mass is 10.1. The van der Waals surface area contributed by atoms with E-state index in [4.69, 9.17) is 10.5 Å². The van der Waals surface area contributed by atoms with E-state index < -0.39 is 0 Å². The summed E-state index contributed by atoms with van der Waals surface area (Å²) in [4.78, 5) is 18.6. The van der Waals surface area contributed by atoms with Crippen molar-refractivity contribution in [3.8, 4) is 11.5 Å². The van der Waals surface area contributed by atoms with Crippen LogP contribution in [0.3, 0.4) is 0 Å². The molecule has 0 spiro atoms. The van der Waals surface area contributed by atoms with Crippen LogP contribution >= 0.6 is 0 Å². The van der Waals surface area contributed by atoms with Gasteiger partial charge in [0.25, 0.3) is 0 Å². The van der Waals surface area contributed by atoms with E-state index in [0.717, 1.165) is 0 Å². The molecule has 1 aromatic rings. The highest BCUT2D eigenvalue weighted by Gasteiger charge is 2.09. The van der Waals surface area contributed by atoms with Gasteiger partial charge in [0, 0.05) is 5.56 Å². The van der Waals surface area contributed by atoms with Gasteiger partial charge < -0.3 is 9.78 Å². The van der Waals surface area contributed by atoms with Gasteiger partial charge in [0.2, 0.25) is 11.5 Å². The van der Waals surface area contributed by atoms with Crippen LogP contribution in [0.25, 0.3) is 0 Å². The van der Waals surface area contributed by atoms with E-state index in [0.29, 0.717) is 5.56 Å². The van der Waals surface area contributed by atoms with Crippen molar-refractivity contribution in [2.45, 2.75) is 6.92 Å². The number of carbonyl (C=O) groups is 1. The Kier molecular flexibility index (Phi) is 2.84. The summed E-state index contributed by atoms with van der Waals surface area (Å²) >= 11 is 0. The summed E-state index contributed by atoms with van der Waals surface area (Å²) in [6.07, 6.45) is 0. The van der Waals surface area contributed by atoms with E-state index in [2.05, 4.69) is 9.78 Å². The summed E-state index contributed by atoms with van der Waals surface area (Å²) in [6, 6.07) is 4.01. The fourth-order valence-corrected chi connectivity index (χ4v) is 0.874. The molecule has 2 N–H and O–H groups in total. The Labute approximate surface area is 74.0 Å². The van der Waals surface area contributed by atoms with Crippen molar-refractivity contribution in [2.24, 2.45) is 0 Å². The first-order chi connectivity index (χ1) is 6.19. The first kappa shape index (κ1) is 9.50. The number of carbonyl (C=O) groups excluding carboxylic acids is 1. The molecule has 0 radical (unpaired) electrons. The maximum absolute atomic E-state index is 10.9. The van der Waals surface area contributed by atoms with Crippen LogP contribution in [0.4, 0.5) is 0 Å². The third-order valence-electron chi connectivity index (χ3n) is 1.55. The van der Waals surface area contributed by atoms with Gasteiger partial charge in [0.1, 0.15) is 0 Å². The van der Waals surface area contributed by atoms with Crippen LogP contribution in [0.5, 0.6) is 11.5 Å². The van der Waals surface area contributed by atoms with Gasteiger partial charge in [-0.25, -0.2) is 10.5 Å². The SMILES string of the molecule is CC(=O)c1ccc(OO)c(OO)c1. The number of hydrogen-bond donors (Lipinski definition) is 2. The molecule has 0 saturated carbocycles. The molecule has 0 heterocycles. The molecular weight excluding hydrogens is 176 g/mol. The first-order valence-corrected chi connectivity index (χ1v) is 3.47. The second-order valence-corrected chi connectivity index (χ2v) is 2.40. The minimum Gasteiger partial charge on any atom is -0.336 e. The second kappa shape index (κ2) is 3.88. The van der Waals surface area contributed by atoms with Crippen LogP contribution in [0.15, 0.2) is 18.2 Å². The number of ketones is 1. The van der Waals surface area contributed by atoms with Gasteiger partial charge in [0.15, 0.2) is 5.78 Å². The minimum atomic E-state index is -0.178. The quantitative estimate of drug-likeness (QED) is 0.423. The molecule has 0 fully saturated rings. The maximum Gasteiger partial charge on any atom is 0.211 e. The van der Waals surface area contributed by atoms with Crippen molar-refractivity contribution in [3.05, 3.63) is 23.8 Å². The van der Waals surface area contributed by atoms with Crippen LogP contribution in [-0.2, 0) is 0 Å². The fourth-order valence-electron chi connectivity index (χ4n) is 0.874. The third-order valence-corrected chi connectivity index (χ3v) is 1.55. The number of benzene rings is 1. The molecular formula is C8H8O5. The largest absolute Gasteiger partial charge is 0.336 e. The molecule has 5 heteroatoms. The van der Waals surface area contributed by atoms with Crippen LogP contribution < -0.4 is 9.78 Å². The number of rotatable bonds is 3. The molecule has 0 aliphatic heterocycles. The molecule has 0 saturated heterocycles. The molecule has 70 valence electrons. The lowest BCUT2D eigenvalue weighted by Crippen LogP contribution is -1.96. The molecule has 0 amide bonds. The van der Waals surface area contributed by atoms with E-state index >= 15 is 0 Å². The van der Waals surface area contributed by atoms with E-state index in [-0.39, 0.29) is 17.3 Å². The van der Waals surface area contributed by atoms with Crippen molar-refractivity contribution in [1.29, 1.82) is 0 Å². The van der Waals surface area contributed by atoms with Crippen LogP contribution in [0.1, 0.15) is 17.3 Å². The van der Waals surface area contributed by atoms with Crippen molar-refractivity contribution in [1.82, 2.24) is 0 Å². The Balaban J connectivity index is 3.13. The van der Waals surface area contributed by atoms with E-state index in [1.807, 2.05) is 0 Å². The number of Topliss-reactive ketones (excluding diaryl/α,β-unsaturated/α-hetero) is 1. The highest BCUT2D eigenvalue weighted by atomic mass is 17.1. The van der Waals surface area contributed by atoms with Gasteiger partial charge in [-0.3, -0.25) is 4.79 Å². The van der Waals surface area contributed by atoms with Crippen molar-refractivity contribution in [3.63, 3.8) is 0 Å². The predicted octanol–water partition coefficient (Wildman–Crippen LogP) is 1.59. The average Bonchev–Trinajstić information content (AvgIpc) is 2.16. The Morgan fingerprint density at radius 3 is 2.31 bits per heavy atom. The Morgan fingerprint density at radius 1 is 1.23 bits per heavy atom. The molecule has 0 atom stereocenters. The molecule has 0 aromatic heterocycles. The summed E-state index contributed by atoms with van der Waals surface area (Å²) in [5.41, 5.74) is 0.352. The Bertz CT molecular complexity index is 320. The van der Waals surface area contributed by atoms with Gasteiger partial charge in [-0.1, -0.05) is 0 Å². The van der Waals surface area contributed by atoms with Crippen molar-refractivity contribution < 1.29 is 25.1 Å². The van der Waals surface area contributed by atoms with Gasteiger partial charge >= 0.3 is 0 Å². The van der Waals surface area contributed by atoms with Crippen LogP contribution in [-0.4, -0.2) is 16.3 Å². The first-order valence-electron chi connectivity index (χ1n) is 3.47. The standard InChI is InChI=1S/C8H8O5/c1-5(9)6-2-3-7(12-10)8(4-6)13-11/h2-4,10-11H,1H3. The summed E-state index contributed by atoms with van der Waals surface area (Å²) in [7, 11) is 0. The van der Waals surface area contributed by atoms with Crippen molar-refractivity contribution >= 4 is 5.78 Å². The predicted molar refractivity (Wildman–Crippen MR) is 43.0 cm³/mol. The molecule has 5 nitrogen and oxygen atoms in total.